The smallest absolute Gasteiger partial charge is 0.822 e. The fourth-order valence-corrected chi connectivity index (χ4v) is 2.64. The number of aliphatic carboxylic acids is 1. The molecule has 168 valence electrons. The van der Waals surface area contributed by atoms with Gasteiger partial charge in [-0.25, -0.2) is 0 Å². The summed E-state index contributed by atoms with van der Waals surface area (Å²) in [6.45, 7) is 2.27. The van der Waals surface area contributed by atoms with Gasteiger partial charge in [-0.05, 0) is 12.8 Å². The van der Waals surface area contributed by atoms with Crippen LogP contribution in [0.5, 0.6) is 0 Å². The normalized spacial score (nSPS) is 9.52. The number of carbonyl (C=O) groups excluding carboxylic acids is 1. The minimum Gasteiger partial charge on any atom is -0.822 e. The summed E-state index contributed by atoms with van der Waals surface area (Å²) in [4.78, 5) is 35.9. The zero-order valence-electron chi connectivity index (χ0n) is 18.1. The van der Waals surface area contributed by atoms with Crippen LogP contribution in [0.15, 0.2) is 0 Å². The van der Waals surface area contributed by atoms with Gasteiger partial charge in [0.2, 0.25) is 0 Å². The summed E-state index contributed by atoms with van der Waals surface area (Å²) in [5.41, 5.74) is 0. The van der Waals surface area contributed by atoms with Crippen molar-refractivity contribution in [3.8, 4) is 0 Å². The fourth-order valence-electron chi connectivity index (χ4n) is 2.64. The van der Waals surface area contributed by atoms with Gasteiger partial charge in [0.25, 0.3) is 0 Å². The van der Waals surface area contributed by atoms with Crippen LogP contribution in [0.2, 0.25) is 0 Å². The molecular weight excluding hydrogens is 440 g/mol. The first kappa shape index (κ1) is 44.2. The third kappa shape index (κ3) is 65.2. The van der Waals surface area contributed by atoms with Crippen LogP contribution in [-0.4, -0.2) is 77.7 Å². The van der Waals surface area contributed by atoms with Crippen LogP contribution in [0.4, 0.5) is 0 Å². The Kier molecular flexibility index (Phi) is 52.1. The number of carboxylic acid groups (broad SMARTS) is 1. The maximum atomic E-state index is 10.2. The number of hydrogen-bond donors (Lipinski definition) is 0. The van der Waals surface area contributed by atoms with Crippen molar-refractivity contribution in [1.82, 2.24) is 0 Å². The Bertz CT molecular complexity index is 338. The van der Waals surface area contributed by atoms with Crippen molar-refractivity contribution in [3.05, 3.63) is 0 Å². The zero-order valence-corrected chi connectivity index (χ0v) is 22.6. The minimum absolute atomic E-state index is 0. The standard InChI is InChI=1S/C18H36O2.Ca.Mg.H3O4P.2H2O/c1-2-3-4-5-6-7-8-9-10-11-12-13-14-15-16-17-18(19)20;;;1-5(2,3)4;;/h2-17H2,1H3,(H,19,20);;;(H3,1,2,3,4);2*1H2/q;2*+2;;;/p-4. The Labute approximate surface area is 222 Å². The average molecular weight is 479 g/mol. The second-order valence-electron chi connectivity index (χ2n) is 6.52. The van der Waals surface area contributed by atoms with E-state index in [-0.39, 0.29) is 78.2 Å². The number of phosphoric acid groups is 1. The van der Waals surface area contributed by atoms with Crippen LogP contribution in [0.3, 0.4) is 0 Å². The molecule has 0 rings (SSSR count). The van der Waals surface area contributed by atoms with E-state index in [2.05, 4.69) is 6.92 Å². The van der Waals surface area contributed by atoms with Gasteiger partial charge in [-0.15, -0.1) is 0 Å². The van der Waals surface area contributed by atoms with Gasteiger partial charge >= 0.3 is 60.8 Å². The van der Waals surface area contributed by atoms with Crippen molar-refractivity contribution >= 4 is 74.6 Å². The Hall–Kier alpha value is 1.53. The van der Waals surface area contributed by atoms with Crippen molar-refractivity contribution in [1.29, 1.82) is 0 Å². The van der Waals surface area contributed by atoms with Gasteiger partial charge in [0, 0.05) is 5.97 Å². The summed E-state index contributed by atoms with van der Waals surface area (Å²) in [5, 5.41) is 10.2. The number of carbonyl (C=O) groups is 1. The van der Waals surface area contributed by atoms with E-state index in [1.165, 1.54) is 83.5 Å². The molecule has 11 heteroatoms. The second kappa shape index (κ2) is 34.1. The number of hydrogen-bond acceptors (Lipinski definition) is 6. The van der Waals surface area contributed by atoms with E-state index in [4.69, 9.17) is 19.2 Å². The molecule has 29 heavy (non-hydrogen) atoms. The van der Waals surface area contributed by atoms with Gasteiger partial charge in [0.15, 0.2) is 0 Å². The topological polar surface area (TPSA) is 189 Å². The number of carboxylic acids is 1. The molecule has 0 atom stereocenters. The van der Waals surface area contributed by atoms with Crippen LogP contribution < -0.4 is 19.8 Å². The predicted molar refractivity (Wildman–Crippen MR) is 111 cm³/mol. The zero-order chi connectivity index (χ0) is 19.4. The maximum absolute atomic E-state index is 10.2. The predicted octanol–water partition coefficient (Wildman–Crippen LogP) is -0.238. The molecule has 0 saturated carbocycles. The molecule has 0 heterocycles. The summed E-state index contributed by atoms with van der Waals surface area (Å²) < 4.78 is 8.55. The monoisotopic (exact) mass is 478 g/mol. The molecule has 0 aromatic rings. The third-order valence-corrected chi connectivity index (χ3v) is 3.98. The van der Waals surface area contributed by atoms with Crippen molar-refractivity contribution < 1.29 is 40.1 Å². The quantitative estimate of drug-likeness (QED) is 0.167. The van der Waals surface area contributed by atoms with Crippen molar-refractivity contribution in [2.45, 2.75) is 110 Å². The van der Waals surface area contributed by atoms with Crippen LogP contribution in [0.1, 0.15) is 110 Å². The van der Waals surface area contributed by atoms with Crippen LogP contribution in [-0.2, 0) is 9.36 Å². The minimum atomic E-state index is -5.39. The summed E-state index contributed by atoms with van der Waals surface area (Å²) >= 11 is 0. The number of rotatable bonds is 16. The van der Waals surface area contributed by atoms with Gasteiger partial charge < -0.3 is 40.1 Å². The fraction of sp³-hybridized carbons (Fsp3) is 0.944. The summed E-state index contributed by atoms with van der Waals surface area (Å²) in [5.74, 6) is -0.903. The molecule has 0 unspecified atom stereocenters. The van der Waals surface area contributed by atoms with Gasteiger partial charge in [-0.3, -0.25) is 0 Å². The molecule has 0 aliphatic rings. The molecule has 0 saturated heterocycles. The molecule has 8 nitrogen and oxygen atoms in total. The summed E-state index contributed by atoms with van der Waals surface area (Å²) in [7, 11) is -5.39. The molecule has 0 aromatic carbocycles. The van der Waals surface area contributed by atoms with Crippen LogP contribution in [0, 0.1) is 0 Å². The number of unbranched alkanes of at least 4 members (excludes halogenated alkanes) is 14. The van der Waals surface area contributed by atoms with Crippen molar-refractivity contribution in [2.75, 3.05) is 0 Å². The van der Waals surface area contributed by atoms with Gasteiger partial charge in [-0.2, -0.15) is 7.82 Å². The SMILES string of the molecule is CCCCCCCCCCCCCCCCCC(=O)[O-].O.O.O=P([O-])([O-])[O-].[Ca+2].[Mg+2]. The molecule has 0 aliphatic carbocycles. The molecule has 0 radical (unpaired) electrons. The molecule has 0 amide bonds. The summed E-state index contributed by atoms with van der Waals surface area (Å²) in [6, 6.07) is 0. The van der Waals surface area contributed by atoms with Crippen molar-refractivity contribution in [3.63, 3.8) is 0 Å². The van der Waals surface area contributed by atoms with E-state index in [1.807, 2.05) is 0 Å². The molecule has 0 aromatic heterocycles. The first-order chi connectivity index (χ1) is 11.8. The Morgan fingerprint density at radius 1 is 0.655 bits per heavy atom. The molecule has 4 N–H and O–H groups in total. The van der Waals surface area contributed by atoms with E-state index in [1.54, 1.807) is 0 Å². The van der Waals surface area contributed by atoms with Gasteiger partial charge in [-0.1, -0.05) is 96.8 Å². The Balaban J connectivity index is -0.000000131. The molecule has 0 fully saturated rings. The third-order valence-electron chi connectivity index (χ3n) is 3.98. The second-order valence-corrected chi connectivity index (χ2v) is 7.41. The first-order valence-corrected chi connectivity index (χ1v) is 11.2. The Morgan fingerprint density at radius 2 is 0.862 bits per heavy atom. The van der Waals surface area contributed by atoms with Crippen LogP contribution in [0.25, 0.3) is 0 Å². The van der Waals surface area contributed by atoms with Gasteiger partial charge in [0.1, 0.15) is 0 Å². The molecule has 0 bridgehead atoms. The average Bonchev–Trinajstić information content (AvgIpc) is 2.49. The first-order valence-electron chi connectivity index (χ1n) is 9.70. The van der Waals surface area contributed by atoms with E-state index in [0.29, 0.717) is 0 Å². The largest absolute Gasteiger partial charge is 2.00 e. The van der Waals surface area contributed by atoms with E-state index in [0.717, 1.165) is 12.8 Å². The van der Waals surface area contributed by atoms with E-state index in [9.17, 15) is 9.90 Å². The van der Waals surface area contributed by atoms with Crippen molar-refractivity contribution in [2.24, 2.45) is 0 Å². The molecule has 0 aliphatic heterocycles. The Morgan fingerprint density at radius 3 is 1.07 bits per heavy atom. The van der Waals surface area contributed by atoms with E-state index >= 15 is 0 Å². The molecule has 0 spiro atoms. The van der Waals surface area contributed by atoms with Crippen LogP contribution >= 0.6 is 7.82 Å². The maximum Gasteiger partial charge on any atom is 2.00 e. The van der Waals surface area contributed by atoms with Gasteiger partial charge in [0.05, 0.1) is 0 Å². The summed E-state index contributed by atoms with van der Waals surface area (Å²) in [6.07, 6.45) is 19.9. The molecular formula is C18H39CaMgO8P. The van der Waals surface area contributed by atoms with E-state index < -0.39 is 13.8 Å².